The van der Waals surface area contributed by atoms with Gasteiger partial charge >= 0.3 is 0 Å². The molecule has 0 amide bonds. The maximum absolute atomic E-state index is 12.4. The Morgan fingerprint density at radius 2 is 1.58 bits per heavy atom. The molecule has 0 heterocycles. The van der Waals surface area contributed by atoms with Gasteiger partial charge in [0.05, 0.1) is 5.60 Å². The zero-order valence-electron chi connectivity index (χ0n) is 17.5. The van der Waals surface area contributed by atoms with Crippen molar-refractivity contribution in [2.24, 2.45) is 40.4 Å². The van der Waals surface area contributed by atoms with Crippen molar-refractivity contribution < 1.29 is 9.90 Å². The molecule has 0 spiro atoms. The number of hydrogen-bond donors (Lipinski definition) is 1. The second-order valence-corrected chi connectivity index (χ2v) is 11.4. The van der Waals surface area contributed by atoms with E-state index < -0.39 is 5.60 Å². The summed E-state index contributed by atoms with van der Waals surface area (Å²) in [6.45, 7) is 8.95. The summed E-state index contributed by atoms with van der Waals surface area (Å²) < 4.78 is 0. The van der Waals surface area contributed by atoms with Crippen LogP contribution in [0.1, 0.15) is 98.3 Å². The van der Waals surface area contributed by atoms with Gasteiger partial charge in [0.2, 0.25) is 0 Å². The third-order valence-electron chi connectivity index (χ3n) is 9.91. The van der Waals surface area contributed by atoms with Crippen molar-refractivity contribution >= 4 is 5.78 Å². The highest BCUT2D eigenvalue weighted by molar-refractivity contribution is 5.79. The summed E-state index contributed by atoms with van der Waals surface area (Å²) in [5.41, 5.74) is 0.210. The molecular formula is C24H40O2. The van der Waals surface area contributed by atoms with Crippen LogP contribution in [0.3, 0.4) is 0 Å². The zero-order chi connectivity index (χ0) is 18.7. The second kappa shape index (κ2) is 6.33. The fourth-order valence-corrected chi connectivity index (χ4v) is 8.61. The standard InChI is InChI=1S/C24H40O2/c1-16(25)19-7-5-8-20-18-10-9-17-15-22(2,26)12-6-13-23(17,3)21(18)11-14-24(19,20)4/h17-21,26H,5-15H2,1-4H3/t17-,18+,19-,20+,21+,22-,23+,24-/m1/s1. The van der Waals surface area contributed by atoms with Crippen LogP contribution in [-0.2, 0) is 4.79 Å². The number of Topliss-reactive ketones (excluding diaryl/α,β-unsaturated/α-hetero) is 1. The highest BCUT2D eigenvalue weighted by Crippen LogP contribution is 2.66. The topological polar surface area (TPSA) is 37.3 Å². The Balaban J connectivity index is 1.63. The minimum atomic E-state index is -0.455. The zero-order valence-corrected chi connectivity index (χ0v) is 17.5. The summed E-state index contributed by atoms with van der Waals surface area (Å²) in [4.78, 5) is 12.4. The van der Waals surface area contributed by atoms with Crippen LogP contribution in [0.15, 0.2) is 0 Å². The Morgan fingerprint density at radius 3 is 2.31 bits per heavy atom. The van der Waals surface area contributed by atoms with E-state index in [1.54, 1.807) is 0 Å². The predicted molar refractivity (Wildman–Crippen MR) is 106 cm³/mol. The molecule has 4 rings (SSSR count). The molecule has 4 aliphatic rings. The van der Waals surface area contributed by atoms with Crippen LogP contribution in [-0.4, -0.2) is 16.5 Å². The molecule has 148 valence electrons. The highest BCUT2D eigenvalue weighted by Gasteiger charge is 2.59. The van der Waals surface area contributed by atoms with E-state index in [-0.39, 0.29) is 5.41 Å². The van der Waals surface area contributed by atoms with Crippen molar-refractivity contribution in [2.45, 2.75) is 104 Å². The number of ketones is 1. The van der Waals surface area contributed by atoms with Gasteiger partial charge in [-0.1, -0.05) is 26.7 Å². The van der Waals surface area contributed by atoms with Gasteiger partial charge in [-0.25, -0.2) is 0 Å². The third kappa shape index (κ3) is 2.81. The fraction of sp³-hybridized carbons (Fsp3) is 0.958. The van der Waals surface area contributed by atoms with E-state index in [1.165, 1.54) is 51.4 Å². The summed E-state index contributed by atoms with van der Waals surface area (Å²) >= 11 is 0. The predicted octanol–water partition coefficient (Wildman–Crippen LogP) is 5.77. The van der Waals surface area contributed by atoms with Crippen LogP contribution in [0.2, 0.25) is 0 Å². The first-order chi connectivity index (χ1) is 12.2. The molecule has 0 unspecified atom stereocenters. The fourth-order valence-electron chi connectivity index (χ4n) is 8.61. The van der Waals surface area contributed by atoms with Crippen molar-refractivity contribution in [1.82, 2.24) is 0 Å². The normalized spacial score (nSPS) is 54.4. The van der Waals surface area contributed by atoms with E-state index in [2.05, 4.69) is 20.8 Å². The maximum Gasteiger partial charge on any atom is 0.133 e. The summed E-state index contributed by atoms with van der Waals surface area (Å²) in [6.07, 6.45) is 13.4. The van der Waals surface area contributed by atoms with Gasteiger partial charge in [0.25, 0.3) is 0 Å². The van der Waals surface area contributed by atoms with Gasteiger partial charge in [0, 0.05) is 5.92 Å². The molecule has 4 saturated carbocycles. The molecule has 1 N–H and O–H groups in total. The minimum absolute atomic E-state index is 0.255. The Bertz CT molecular complexity index is 567. The molecule has 2 nitrogen and oxygen atoms in total. The lowest BCUT2D eigenvalue weighted by Crippen LogP contribution is -2.56. The lowest BCUT2D eigenvalue weighted by atomic mass is 9.42. The number of carbonyl (C=O) groups excluding carboxylic acids is 1. The van der Waals surface area contributed by atoms with E-state index in [1.807, 2.05) is 6.92 Å². The molecule has 0 radical (unpaired) electrons. The van der Waals surface area contributed by atoms with E-state index in [0.717, 1.165) is 37.0 Å². The maximum atomic E-state index is 12.4. The quantitative estimate of drug-likeness (QED) is 0.645. The molecule has 4 aliphatic carbocycles. The van der Waals surface area contributed by atoms with Gasteiger partial charge in [-0.2, -0.15) is 0 Å². The monoisotopic (exact) mass is 360 g/mol. The summed E-state index contributed by atoms with van der Waals surface area (Å²) in [5, 5.41) is 10.8. The summed E-state index contributed by atoms with van der Waals surface area (Å²) in [5.74, 6) is 3.84. The molecule has 0 aliphatic heterocycles. The average molecular weight is 361 g/mol. The van der Waals surface area contributed by atoms with Crippen molar-refractivity contribution in [3.05, 3.63) is 0 Å². The van der Waals surface area contributed by atoms with Crippen LogP contribution in [0.4, 0.5) is 0 Å². The number of aliphatic hydroxyl groups is 1. The molecule has 0 bridgehead atoms. The van der Waals surface area contributed by atoms with E-state index in [4.69, 9.17) is 0 Å². The van der Waals surface area contributed by atoms with Gasteiger partial charge in [0.15, 0.2) is 0 Å². The van der Waals surface area contributed by atoms with Gasteiger partial charge in [0.1, 0.15) is 5.78 Å². The SMILES string of the molecule is CC(=O)[C@H]1CCC[C@H]2[C@@H]3CC[C@@H]4C[C@](C)(O)CCC[C@]4(C)[C@H]3CC[C@]12C. The molecule has 4 fully saturated rings. The Kier molecular flexibility index (Phi) is 4.61. The molecule has 0 aromatic carbocycles. The van der Waals surface area contributed by atoms with Crippen molar-refractivity contribution in [2.75, 3.05) is 0 Å². The number of carbonyl (C=O) groups is 1. The van der Waals surface area contributed by atoms with Crippen molar-refractivity contribution in [3.8, 4) is 0 Å². The van der Waals surface area contributed by atoms with Crippen LogP contribution in [0, 0.1) is 40.4 Å². The molecule has 26 heavy (non-hydrogen) atoms. The molecule has 0 aromatic heterocycles. The van der Waals surface area contributed by atoms with Gasteiger partial charge in [-0.05, 0) is 106 Å². The molecule has 0 saturated heterocycles. The van der Waals surface area contributed by atoms with E-state index in [9.17, 15) is 9.90 Å². The first kappa shape index (κ1) is 19.0. The molecule has 2 heteroatoms. The van der Waals surface area contributed by atoms with Gasteiger partial charge in [-0.15, -0.1) is 0 Å². The lowest BCUT2D eigenvalue weighted by molar-refractivity contribution is -0.151. The number of rotatable bonds is 1. The van der Waals surface area contributed by atoms with Crippen molar-refractivity contribution in [1.29, 1.82) is 0 Å². The molecule has 8 atom stereocenters. The smallest absolute Gasteiger partial charge is 0.133 e. The Labute approximate surface area is 160 Å². The number of fused-ring (bicyclic) bond motifs is 5. The average Bonchev–Trinajstić information content (AvgIpc) is 2.67. The second-order valence-electron chi connectivity index (χ2n) is 11.4. The molecule has 0 aromatic rings. The Morgan fingerprint density at radius 1 is 0.846 bits per heavy atom. The first-order valence-electron chi connectivity index (χ1n) is 11.4. The van der Waals surface area contributed by atoms with Gasteiger partial charge in [-0.3, -0.25) is 4.79 Å². The van der Waals surface area contributed by atoms with Gasteiger partial charge < -0.3 is 5.11 Å². The number of hydrogen-bond acceptors (Lipinski definition) is 2. The van der Waals surface area contributed by atoms with Crippen LogP contribution in [0.25, 0.3) is 0 Å². The first-order valence-corrected chi connectivity index (χ1v) is 11.4. The Hall–Kier alpha value is -0.370. The summed E-state index contributed by atoms with van der Waals surface area (Å²) in [7, 11) is 0. The molecular weight excluding hydrogens is 320 g/mol. The van der Waals surface area contributed by atoms with Crippen LogP contribution >= 0.6 is 0 Å². The largest absolute Gasteiger partial charge is 0.390 e. The van der Waals surface area contributed by atoms with Crippen LogP contribution < -0.4 is 0 Å². The van der Waals surface area contributed by atoms with E-state index in [0.29, 0.717) is 23.0 Å². The summed E-state index contributed by atoms with van der Waals surface area (Å²) in [6, 6.07) is 0. The van der Waals surface area contributed by atoms with Crippen molar-refractivity contribution in [3.63, 3.8) is 0 Å². The minimum Gasteiger partial charge on any atom is -0.390 e. The van der Waals surface area contributed by atoms with Crippen LogP contribution in [0.5, 0.6) is 0 Å². The lowest BCUT2D eigenvalue weighted by Gasteiger charge is -2.62. The highest BCUT2D eigenvalue weighted by atomic mass is 16.3. The van der Waals surface area contributed by atoms with E-state index >= 15 is 0 Å². The third-order valence-corrected chi connectivity index (χ3v) is 9.91.